The first kappa shape index (κ1) is 15.1. The Morgan fingerprint density at radius 1 is 1.20 bits per heavy atom. The number of hydrogen-bond acceptors (Lipinski definition) is 4. The zero-order chi connectivity index (χ0) is 14.4. The highest BCUT2D eigenvalue weighted by Crippen LogP contribution is 2.31. The van der Waals surface area contributed by atoms with E-state index in [0.717, 1.165) is 17.5 Å². The van der Waals surface area contributed by atoms with Crippen molar-refractivity contribution < 1.29 is 9.47 Å². The van der Waals surface area contributed by atoms with Gasteiger partial charge < -0.3 is 14.8 Å². The number of methoxy groups -OCH3 is 1. The van der Waals surface area contributed by atoms with Gasteiger partial charge in [0.1, 0.15) is 6.61 Å². The fraction of sp³-hybridized carbons (Fsp3) is 0.688. The normalized spacial score (nSPS) is 26.2. The predicted octanol–water partition coefficient (Wildman–Crippen LogP) is 3.34. The van der Waals surface area contributed by atoms with Crippen LogP contribution in [0.3, 0.4) is 0 Å². The van der Waals surface area contributed by atoms with Gasteiger partial charge in [0.25, 0.3) is 0 Å². The van der Waals surface area contributed by atoms with Crippen LogP contribution in [-0.2, 0) is 4.74 Å². The third kappa shape index (κ3) is 4.37. The molecule has 1 aromatic rings. The molecule has 0 aromatic carbocycles. The topological polar surface area (TPSA) is 43.4 Å². The minimum Gasteiger partial charge on any atom is -0.475 e. The first-order valence-corrected chi connectivity index (χ1v) is 7.53. The Kier molecular flexibility index (Phi) is 5.65. The molecule has 0 spiro atoms. The molecule has 1 N–H and O–H groups in total. The Morgan fingerprint density at radius 2 is 2.05 bits per heavy atom. The molecule has 1 aliphatic rings. The van der Waals surface area contributed by atoms with Crippen molar-refractivity contribution in [3.8, 4) is 5.88 Å². The molecule has 3 unspecified atom stereocenters. The van der Waals surface area contributed by atoms with Crippen molar-refractivity contribution in [2.24, 2.45) is 11.8 Å². The molecule has 1 heterocycles. The van der Waals surface area contributed by atoms with Crippen molar-refractivity contribution in [3.63, 3.8) is 0 Å². The van der Waals surface area contributed by atoms with E-state index in [4.69, 9.17) is 9.47 Å². The van der Waals surface area contributed by atoms with Crippen LogP contribution in [0.5, 0.6) is 5.88 Å². The Balaban J connectivity index is 1.81. The molecule has 20 heavy (non-hydrogen) atoms. The fourth-order valence-electron chi connectivity index (χ4n) is 2.69. The molecule has 0 radical (unpaired) electrons. The molecule has 1 aromatic heterocycles. The molecule has 4 heteroatoms. The van der Waals surface area contributed by atoms with Crippen LogP contribution in [0.25, 0.3) is 0 Å². The molecule has 0 amide bonds. The molecular weight excluding hydrogens is 252 g/mol. The van der Waals surface area contributed by atoms with E-state index in [0.29, 0.717) is 25.1 Å². The highest BCUT2D eigenvalue weighted by molar-refractivity contribution is 5.43. The molecule has 2 rings (SSSR count). The zero-order valence-electron chi connectivity index (χ0n) is 12.8. The minimum absolute atomic E-state index is 0.536. The van der Waals surface area contributed by atoms with E-state index in [9.17, 15) is 0 Å². The largest absolute Gasteiger partial charge is 0.475 e. The number of anilines is 1. The second-order valence-electron chi connectivity index (χ2n) is 5.84. The number of hydrogen-bond donors (Lipinski definition) is 1. The minimum atomic E-state index is 0.536. The molecular formula is C16H26N2O2. The average molecular weight is 278 g/mol. The summed E-state index contributed by atoms with van der Waals surface area (Å²) < 4.78 is 10.4. The van der Waals surface area contributed by atoms with Gasteiger partial charge in [0.2, 0.25) is 5.88 Å². The first-order chi connectivity index (χ1) is 9.69. The lowest BCUT2D eigenvalue weighted by atomic mass is 9.79. The van der Waals surface area contributed by atoms with Crippen LogP contribution in [0.1, 0.15) is 33.1 Å². The van der Waals surface area contributed by atoms with E-state index in [1.54, 1.807) is 7.11 Å². The van der Waals surface area contributed by atoms with Crippen LogP contribution >= 0.6 is 0 Å². The Bertz CT molecular complexity index is 394. The van der Waals surface area contributed by atoms with Crippen LogP contribution in [0.2, 0.25) is 0 Å². The van der Waals surface area contributed by atoms with Crippen molar-refractivity contribution in [2.45, 2.75) is 39.2 Å². The number of nitrogens with one attached hydrogen (secondary N) is 1. The van der Waals surface area contributed by atoms with Gasteiger partial charge in [-0.25, -0.2) is 4.98 Å². The zero-order valence-corrected chi connectivity index (χ0v) is 12.8. The maximum absolute atomic E-state index is 5.46. The van der Waals surface area contributed by atoms with Crippen molar-refractivity contribution in [2.75, 3.05) is 25.6 Å². The van der Waals surface area contributed by atoms with Gasteiger partial charge in [0, 0.05) is 19.2 Å². The van der Waals surface area contributed by atoms with Gasteiger partial charge in [0.15, 0.2) is 0 Å². The van der Waals surface area contributed by atoms with Gasteiger partial charge in [-0.05, 0) is 37.2 Å². The summed E-state index contributed by atoms with van der Waals surface area (Å²) >= 11 is 0. The summed E-state index contributed by atoms with van der Waals surface area (Å²) in [4.78, 5) is 4.31. The molecule has 3 atom stereocenters. The monoisotopic (exact) mass is 278 g/mol. The summed E-state index contributed by atoms with van der Waals surface area (Å²) in [6, 6.07) is 4.52. The molecule has 4 nitrogen and oxygen atoms in total. The van der Waals surface area contributed by atoms with E-state index >= 15 is 0 Å². The molecule has 0 aliphatic heterocycles. The Labute approximate surface area is 121 Å². The quantitative estimate of drug-likeness (QED) is 0.810. The van der Waals surface area contributed by atoms with Crippen LogP contribution in [0.4, 0.5) is 5.69 Å². The Morgan fingerprint density at radius 3 is 2.70 bits per heavy atom. The smallest absolute Gasteiger partial charge is 0.213 e. The summed E-state index contributed by atoms with van der Waals surface area (Å²) in [5.41, 5.74) is 1.08. The standard InChI is InChI=1S/C16H26N2O2/c1-12-4-5-14(10-13(12)2)18-15-6-7-16(17-11-15)20-9-8-19-3/h6-7,11-14,18H,4-5,8-10H2,1-3H3. The van der Waals surface area contributed by atoms with Gasteiger partial charge in [-0.2, -0.15) is 0 Å². The maximum atomic E-state index is 5.46. The molecule has 0 bridgehead atoms. The van der Waals surface area contributed by atoms with Crippen LogP contribution in [0, 0.1) is 11.8 Å². The van der Waals surface area contributed by atoms with Crippen molar-refractivity contribution in [1.82, 2.24) is 4.98 Å². The van der Waals surface area contributed by atoms with Crippen molar-refractivity contribution in [1.29, 1.82) is 0 Å². The average Bonchev–Trinajstić information content (AvgIpc) is 2.45. The highest BCUT2D eigenvalue weighted by atomic mass is 16.5. The second-order valence-corrected chi connectivity index (χ2v) is 5.84. The highest BCUT2D eigenvalue weighted by Gasteiger charge is 2.24. The van der Waals surface area contributed by atoms with E-state index < -0.39 is 0 Å². The summed E-state index contributed by atoms with van der Waals surface area (Å²) in [6.45, 7) is 5.83. The van der Waals surface area contributed by atoms with Crippen LogP contribution < -0.4 is 10.1 Å². The van der Waals surface area contributed by atoms with E-state index in [1.807, 2.05) is 18.3 Å². The van der Waals surface area contributed by atoms with Gasteiger partial charge in [0.05, 0.1) is 18.5 Å². The lowest BCUT2D eigenvalue weighted by Crippen LogP contribution is -2.30. The van der Waals surface area contributed by atoms with Crippen LogP contribution in [-0.4, -0.2) is 31.3 Å². The summed E-state index contributed by atoms with van der Waals surface area (Å²) in [5, 5.41) is 3.58. The van der Waals surface area contributed by atoms with E-state index in [-0.39, 0.29) is 0 Å². The molecule has 1 aliphatic carbocycles. The molecule has 112 valence electrons. The van der Waals surface area contributed by atoms with Gasteiger partial charge in [-0.15, -0.1) is 0 Å². The predicted molar refractivity (Wildman–Crippen MR) is 81.2 cm³/mol. The number of rotatable bonds is 6. The van der Waals surface area contributed by atoms with Gasteiger partial charge in [-0.1, -0.05) is 13.8 Å². The van der Waals surface area contributed by atoms with Crippen LogP contribution in [0.15, 0.2) is 18.3 Å². The number of nitrogens with zero attached hydrogens (tertiary/aromatic N) is 1. The summed E-state index contributed by atoms with van der Waals surface area (Å²) in [5.74, 6) is 2.30. The Hall–Kier alpha value is -1.29. The fourth-order valence-corrected chi connectivity index (χ4v) is 2.69. The lowest BCUT2D eigenvalue weighted by molar-refractivity contribution is 0.144. The number of aromatic nitrogens is 1. The number of ether oxygens (including phenoxy) is 2. The SMILES string of the molecule is COCCOc1ccc(NC2CCC(C)C(C)C2)cn1. The molecule has 1 saturated carbocycles. The second kappa shape index (κ2) is 7.48. The van der Waals surface area contributed by atoms with E-state index in [2.05, 4.69) is 24.1 Å². The third-order valence-electron chi connectivity index (χ3n) is 4.24. The molecule has 0 saturated heterocycles. The summed E-state index contributed by atoms with van der Waals surface area (Å²) in [6.07, 6.45) is 5.65. The first-order valence-electron chi connectivity index (χ1n) is 7.53. The van der Waals surface area contributed by atoms with Crippen molar-refractivity contribution >= 4 is 5.69 Å². The maximum Gasteiger partial charge on any atom is 0.213 e. The van der Waals surface area contributed by atoms with Crippen molar-refractivity contribution in [3.05, 3.63) is 18.3 Å². The molecule has 1 fully saturated rings. The number of pyridine rings is 1. The van der Waals surface area contributed by atoms with Gasteiger partial charge in [-0.3, -0.25) is 0 Å². The third-order valence-corrected chi connectivity index (χ3v) is 4.24. The van der Waals surface area contributed by atoms with Gasteiger partial charge >= 0.3 is 0 Å². The lowest BCUT2D eigenvalue weighted by Gasteiger charge is -2.33. The van der Waals surface area contributed by atoms with E-state index in [1.165, 1.54) is 19.3 Å². The summed E-state index contributed by atoms with van der Waals surface area (Å²) in [7, 11) is 1.66.